The first-order valence-electron chi connectivity index (χ1n) is 44.9. The maximum atomic E-state index is 10.3. The van der Waals surface area contributed by atoms with Gasteiger partial charge in [-0.3, -0.25) is 24.0 Å². The zero-order valence-electron chi connectivity index (χ0n) is 68.3. The van der Waals surface area contributed by atoms with Crippen molar-refractivity contribution in [2.45, 2.75) is 548 Å². The van der Waals surface area contributed by atoms with E-state index in [1.54, 1.807) is 0 Å². The summed E-state index contributed by atoms with van der Waals surface area (Å²) in [5.74, 6) is -3.27. The molecule has 0 saturated carbocycles. The highest BCUT2D eigenvalue weighted by atomic mass is 16.4. The number of unbranched alkanes of at least 4 members (excludes halogenated alkanes) is 70. The average Bonchev–Trinajstić information content (AvgIpc) is 3.67. The number of carboxylic acid groups (broad SMARTS) is 5. The van der Waals surface area contributed by atoms with Crippen LogP contribution in [0.25, 0.3) is 0 Å². The smallest absolute Gasteiger partial charge is 0.303 e. The highest BCUT2D eigenvalue weighted by molar-refractivity contribution is 5.67. The van der Waals surface area contributed by atoms with E-state index in [4.69, 9.17) is 25.5 Å². The van der Waals surface area contributed by atoms with Gasteiger partial charge in [-0.2, -0.15) is 0 Å². The molecule has 0 aromatic rings. The van der Waals surface area contributed by atoms with Gasteiger partial charge in [0.15, 0.2) is 0 Å². The molecule has 0 radical (unpaired) electrons. The quantitative estimate of drug-likeness (QED) is 0.0367. The minimum absolute atomic E-state index is 0.345. The van der Waals surface area contributed by atoms with Gasteiger partial charge in [0.1, 0.15) is 0 Å². The van der Waals surface area contributed by atoms with Crippen LogP contribution in [0.2, 0.25) is 0 Å². The molecule has 0 bridgehead atoms. The molecule has 0 aromatic carbocycles. The number of rotatable bonds is 80. The van der Waals surface area contributed by atoms with Crippen molar-refractivity contribution in [2.75, 3.05) is 0 Å². The van der Waals surface area contributed by atoms with Crippen molar-refractivity contribution in [2.24, 2.45) is 0 Å². The Balaban J connectivity index is -0.000000376. The van der Waals surface area contributed by atoms with E-state index < -0.39 is 29.8 Å². The van der Waals surface area contributed by atoms with Crippen molar-refractivity contribution in [3.63, 3.8) is 0 Å². The van der Waals surface area contributed by atoms with Crippen LogP contribution < -0.4 is 0 Å². The van der Waals surface area contributed by atoms with Crippen LogP contribution in [0.15, 0.2) is 0 Å². The van der Waals surface area contributed by atoms with Gasteiger partial charge >= 0.3 is 29.8 Å². The van der Waals surface area contributed by atoms with Crippen LogP contribution >= 0.6 is 0 Å². The molecular weight excluding hydrogens is 1240 g/mol. The molecule has 0 aliphatic rings. The molecule has 0 aliphatic heterocycles. The number of aliphatic carboxylic acids is 5. The zero-order chi connectivity index (χ0) is 74.5. The molecule has 600 valence electrons. The van der Waals surface area contributed by atoms with Gasteiger partial charge in [0.05, 0.1) is 0 Å². The Labute approximate surface area is 624 Å². The molecule has 0 heterocycles. The lowest BCUT2D eigenvalue weighted by molar-refractivity contribution is -0.138. The third kappa shape index (κ3) is 125. The molecule has 0 rings (SSSR count). The van der Waals surface area contributed by atoms with Crippen LogP contribution in [0, 0.1) is 0 Å². The predicted octanol–water partition coefficient (Wildman–Crippen LogP) is 31.7. The topological polar surface area (TPSA) is 186 Å². The summed E-state index contributed by atoms with van der Waals surface area (Å²) in [6, 6.07) is 0. The van der Waals surface area contributed by atoms with Crippen LogP contribution in [0.3, 0.4) is 0 Å². The van der Waals surface area contributed by atoms with E-state index in [1.807, 2.05) is 0 Å². The third-order valence-electron chi connectivity index (χ3n) is 20.0. The first-order valence-corrected chi connectivity index (χ1v) is 44.9. The van der Waals surface area contributed by atoms with Crippen molar-refractivity contribution in [1.82, 2.24) is 0 Å². The molecule has 0 aromatic heterocycles. The van der Waals surface area contributed by atoms with Crippen LogP contribution in [-0.2, 0) is 24.0 Å². The van der Waals surface area contributed by atoms with Crippen LogP contribution in [0.5, 0.6) is 0 Å². The Hall–Kier alpha value is -2.65. The second-order valence-corrected chi connectivity index (χ2v) is 30.5. The first-order chi connectivity index (χ1) is 48.9. The predicted molar refractivity (Wildman–Crippen MR) is 436 cm³/mol. The SMILES string of the molecule is CCCCCCCCCCCCCCCCCC(=O)O.CCCCCCCCCCCCCCCCCC(=O)O.CCCCCCCCCCCCCCCCCC(=O)O.CCCCCCCCCCCCCCCCCC(=O)O.CCCCCCCCCCCCCCCCCC(=O)O. The molecule has 0 unspecified atom stereocenters. The molecule has 5 N–H and O–H groups in total. The lowest BCUT2D eigenvalue weighted by Gasteiger charge is -2.03. The number of hydrogen-bond acceptors (Lipinski definition) is 5. The lowest BCUT2D eigenvalue weighted by atomic mass is 10.0. The van der Waals surface area contributed by atoms with E-state index in [0.717, 1.165) is 64.2 Å². The van der Waals surface area contributed by atoms with E-state index >= 15 is 0 Å². The third-order valence-corrected chi connectivity index (χ3v) is 20.0. The molecular formula is C90H180O10. The fourth-order valence-corrected chi connectivity index (χ4v) is 13.2. The minimum Gasteiger partial charge on any atom is -0.481 e. The van der Waals surface area contributed by atoms with Crippen LogP contribution in [0.4, 0.5) is 0 Å². The van der Waals surface area contributed by atoms with E-state index in [0.29, 0.717) is 32.1 Å². The number of carboxylic acids is 5. The molecule has 0 spiro atoms. The number of carbonyl (C=O) groups is 5. The monoisotopic (exact) mass is 1420 g/mol. The molecule has 0 atom stereocenters. The average molecular weight is 1420 g/mol. The maximum Gasteiger partial charge on any atom is 0.303 e. The molecule has 0 fully saturated rings. The fourth-order valence-electron chi connectivity index (χ4n) is 13.2. The van der Waals surface area contributed by atoms with Crippen LogP contribution in [-0.4, -0.2) is 55.4 Å². The van der Waals surface area contributed by atoms with Crippen molar-refractivity contribution in [3.05, 3.63) is 0 Å². The van der Waals surface area contributed by atoms with Gasteiger partial charge in [0, 0.05) is 32.1 Å². The summed E-state index contributed by atoms with van der Waals surface area (Å²) >= 11 is 0. The van der Waals surface area contributed by atoms with Gasteiger partial charge in [-0.1, -0.05) is 484 Å². The summed E-state index contributed by atoms with van der Waals surface area (Å²) in [5, 5.41) is 42.6. The fraction of sp³-hybridized carbons (Fsp3) is 0.944. The molecule has 10 nitrogen and oxygen atoms in total. The maximum absolute atomic E-state index is 10.3. The molecule has 10 heteroatoms. The van der Waals surface area contributed by atoms with Crippen LogP contribution in [0.1, 0.15) is 548 Å². The Morgan fingerprint density at radius 2 is 0.180 bits per heavy atom. The highest BCUT2D eigenvalue weighted by Gasteiger charge is 2.03. The van der Waals surface area contributed by atoms with E-state index in [2.05, 4.69) is 34.6 Å². The standard InChI is InChI=1S/5C18H36O2/c5*1-2-3-4-5-6-7-8-9-10-11-12-13-14-15-16-17-18(19)20/h5*2-17H2,1H3,(H,19,20). The summed E-state index contributed by atoms with van der Waals surface area (Å²) in [4.78, 5) is 51.7. The highest BCUT2D eigenvalue weighted by Crippen LogP contribution is 2.20. The minimum atomic E-state index is -0.653. The lowest BCUT2D eigenvalue weighted by Crippen LogP contribution is -1.93. The Morgan fingerprint density at radius 3 is 0.240 bits per heavy atom. The van der Waals surface area contributed by atoms with Gasteiger partial charge in [-0.15, -0.1) is 0 Å². The summed E-state index contributed by atoms with van der Waals surface area (Å²) in [5.41, 5.74) is 0. The van der Waals surface area contributed by atoms with Gasteiger partial charge < -0.3 is 25.5 Å². The summed E-state index contributed by atoms with van der Waals surface area (Å²) < 4.78 is 0. The Bertz CT molecular complexity index is 1260. The molecule has 0 saturated heterocycles. The normalized spacial score (nSPS) is 10.8. The van der Waals surface area contributed by atoms with Crippen molar-refractivity contribution < 1.29 is 49.5 Å². The van der Waals surface area contributed by atoms with E-state index in [-0.39, 0.29) is 0 Å². The van der Waals surface area contributed by atoms with Gasteiger partial charge in [0.25, 0.3) is 0 Å². The van der Waals surface area contributed by atoms with Gasteiger partial charge in [0.2, 0.25) is 0 Å². The summed E-state index contributed by atoms with van der Waals surface area (Å²) in [7, 11) is 0. The van der Waals surface area contributed by atoms with E-state index in [1.165, 1.54) is 417 Å². The summed E-state index contributed by atoms with van der Waals surface area (Å²) in [6.07, 6.45) is 101. The van der Waals surface area contributed by atoms with E-state index in [9.17, 15) is 24.0 Å². The molecule has 0 amide bonds. The van der Waals surface area contributed by atoms with Gasteiger partial charge in [-0.05, 0) is 32.1 Å². The molecule has 100 heavy (non-hydrogen) atoms. The second-order valence-electron chi connectivity index (χ2n) is 30.5. The Kier molecular flexibility index (Phi) is 109. The van der Waals surface area contributed by atoms with Crippen molar-refractivity contribution >= 4 is 29.8 Å². The Morgan fingerprint density at radius 1 is 0.120 bits per heavy atom. The van der Waals surface area contributed by atoms with Crippen molar-refractivity contribution in [3.8, 4) is 0 Å². The first kappa shape index (κ1) is 106. The zero-order valence-corrected chi connectivity index (χ0v) is 68.3. The second kappa shape index (κ2) is 103. The summed E-state index contributed by atoms with van der Waals surface area (Å²) in [6.45, 7) is 11.4. The molecule has 0 aliphatic carbocycles. The number of hydrogen-bond donors (Lipinski definition) is 5. The largest absolute Gasteiger partial charge is 0.481 e. The van der Waals surface area contributed by atoms with Crippen molar-refractivity contribution in [1.29, 1.82) is 0 Å². The van der Waals surface area contributed by atoms with Gasteiger partial charge in [-0.25, -0.2) is 0 Å².